The van der Waals surface area contributed by atoms with E-state index < -0.39 is 10.0 Å². The van der Waals surface area contributed by atoms with Crippen LogP contribution in [0.1, 0.15) is 5.56 Å². The fourth-order valence-corrected chi connectivity index (χ4v) is 5.72. The zero-order valence-corrected chi connectivity index (χ0v) is 16.6. The summed E-state index contributed by atoms with van der Waals surface area (Å²) >= 11 is 6.84. The average molecular weight is 426 g/mol. The van der Waals surface area contributed by atoms with Gasteiger partial charge in [-0.3, -0.25) is 4.79 Å². The first-order valence-corrected chi connectivity index (χ1v) is 10.7. The minimum absolute atomic E-state index is 0.198. The molecule has 1 aliphatic heterocycles. The summed E-state index contributed by atoms with van der Waals surface area (Å²) in [6.07, 6.45) is 0. The van der Waals surface area contributed by atoms with E-state index in [1.54, 1.807) is 35.2 Å². The zero-order chi connectivity index (χ0) is 19.4. The fourth-order valence-electron chi connectivity index (χ4n) is 2.66. The number of hydrogen-bond donors (Lipinski definition) is 0. The number of nitrogens with zero attached hydrogens (tertiary/aromatic N) is 3. The van der Waals surface area contributed by atoms with Gasteiger partial charge in [-0.2, -0.15) is 9.57 Å². The lowest BCUT2D eigenvalue weighted by Gasteiger charge is -2.33. The largest absolute Gasteiger partial charge is 0.482 e. The van der Waals surface area contributed by atoms with E-state index in [1.165, 1.54) is 10.4 Å². The number of benzene rings is 1. The first-order valence-electron chi connectivity index (χ1n) is 8.07. The maximum Gasteiger partial charge on any atom is 0.260 e. The Morgan fingerprint density at radius 3 is 2.52 bits per heavy atom. The highest BCUT2D eigenvalue weighted by atomic mass is 35.5. The Bertz CT molecular complexity index is 976. The second kappa shape index (κ2) is 8.27. The van der Waals surface area contributed by atoms with Crippen molar-refractivity contribution in [3.05, 3.63) is 46.3 Å². The number of amides is 1. The number of carbonyl (C=O) groups is 1. The highest BCUT2D eigenvalue weighted by Gasteiger charge is 2.31. The van der Waals surface area contributed by atoms with Crippen molar-refractivity contribution in [3.8, 4) is 11.8 Å². The summed E-state index contributed by atoms with van der Waals surface area (Å²) in [5.74, 6) is 0.100. The first kappa shape index (κ1) is 19.6. The summed E-state index contributed by atoms with van der Waals surface area (Å²) in [7, 11) is -3.59. The monoisotopic (exact) mass is 425 g/mol. The molecule has 0 radical (unpaired) electrons. The Balaban J connectivity index is 1.56. The van der Waals surface area contributed by atoms with Gasteiger partial charge in [0.25, 0.3) is 15.9 Å². The van der Waals surface area contributed by atoms with Crippen molar-refractivity contribution in [1.29, 1.82) is 5.26 Å². The summed E-state index contributed by atoms with van der Waals surface area (Å²) in [5.41, 5.74) is 0.357. The minimum atomic E-state index is -3.59. The van der Waals surface area contributed by atoms with Crippen molar-refractivity contribution < 1.29 is 17.9 Å². The number of rotatable bonds is 5. The molecule has 2 heterocycles. The minimum Gasteiger partial charge on any atom is -0.482 e. The molecule has 0 atom stereocenters. The Morgan fingerprint density at radius 1 is 1.19 bits per heavy atom. The van der Waals surface area contributed by atoms with Crippen molar-refractivity contribution >= 4 is 38.9 Å². The zero-order valence-electron chi connectivity index (χ0n) is 14.2. The van der Waals surface area contributed by atoms with Gasteiger partial charge in [-0.25, -0.2) is 8.42 Å². The van der Waals surface area contributed by atoms with Gasteiger partial charge in [0.1, 0.15) is 16.0 Å². The number of carbonyl (C=O) groups excluding carboxylic acids is 1. The molecule has 27 heavy (non-hydrogen) atoms. The third kappa shape index (κ3) is 4.42. The highest BCUT2D eigenvalue weighted by Crippen LogP contribution is 2.28. The van der Waals surface area contributed by atoms with E-state index in [2.05, 4.69) is 0 Å². The number of sulfonamides is 1. The van der Waals surface area contributed by atoms with Crippen LogP contribution in [0, 0.1) is 11.3 Å². The van der Waals surface area contributed by atoms with E-state index in [1.807, 2.05) is 6.07 Å². The third-order valence-corrected chi connectivity index (χ3v) is 7.69. The molecule has 0 saturated carbocycles. The number of halogens is 1. The van der Waals surface area contributed by atoms with Crippen molar-refractivity contribution in [2.75, 3.05) is 32.8 Å². The fraction of sp³-hybridized carbons (Fsp3) is 0.294. The van der Waals surface area contributed by atoms with Crippen LogP contribution in [0.5, 0.6) is 5.75 Å². The summed E-state index contributed by atoms with van der Waals surface area (Å²) < 4.78 is 32.6. The van der Waals surface area contributed by atoms with Gasteiger partial charge < -0.3 is 9.64 Å². The predicted molar refractivity (Wildman–Crippen MR) is 101 cm³/mol. The van der Waals surface area contributed by atoms with E-state index >= 15 is 0 Å². The van der Waals surface area contributed by atoms with Crippen LogP contribution in [0.4, 0.5) is 0 Å². The van der Waals surface area contributed by atoms with Gasteiger partial charge in [-0.05, 0) is 24.3 Å². The number of nitriles is 1. The first-order chi connectivity index (χ1) is 12.9. The Labute approximate surface area is 166 Å². The van der Waals surface area contributed by atoms with Crippen LogP contribution in [0.15, 0.2) is 40.6 Å². The highest BCUT2D eigenvalue weighted by molar-refractivity contribution is 7.91. The van der Waals surface area contributed by atoms with Crippen LogP contribution < -0.4 is 4.74 Å². The van der Waals surface area contributed by atoms with E-state index in [9.17, 15) is 13.2 Å². The molecular weight excluding hydrogens is 410 g/mol. The quantitative estimate of drug-likeness (QED) is 0.732. The molecule has 0 spiro atoms. The standard InChI is InChI=1S/C17H16ClN3O4S2/c18-15-5-6-17(26-15)27(23,24)21-9-7-20(8-10-21)16(22)12-25-14-4-2-1-3-13(14)11-19/h1-6H,7-10,12H2. The van der Waals surface area contributed by atoms with E-state index in [4.69, 9.17) is 21.6 Å². The molecule has 7 nitrogen and oxygen atoms in total. The molecule has 142 valence electrons. The normalized spacial score (nSPS) is 15.3. The predicted octanol–water partition coefficient (Wildman–Crippen LogP) is 2.19. The van der Waals surface area contributed by atoms with Crippen molar-refractivity contribution in [2.24, 2.45) is 0 Å². The van der Waals surface area contributed by atoms with Gasteiger partial charge >= 0.3 is 0 Å². The summed E-state index contributed by atoms with van der Waals surface area (Å²) in [6, 6.07) is 11.7. The Morgan fingerprint density at radius 2 is 1.89 bits per heavy atom. The number of ether oxygens (including phenoxy) is 1. The Hall–Kier alpha value is -2.12. The average Bonchev–Trinajstić information content (AvgIpc) is 3.13. The van der Waals surface area contributed by atoms with Crippen LogP contribution in [0.3, 0.4) is 0 Å². The van der Waals surface area contributed by atoms with Gasteiger partial charge in [0, 0.05) is 26.2 Å². The van der Waals surface area contributed by atoms with Crippen LogP contribution in [-0.2, 0) is 14.8 Å². The molecule has 1 aliphatic rings. The molecule has 3 rings (SSSR count). The molecule has 1 aromatic heterocycles. The lowest BCUT2D eigenvalue weighted by Crippen LogP contribution is -2.51. The molecule has 0 unspecified atom stereocenters. The second-order valence-corrected chi connectivity index (χ2v) is 9.62. The van der Waals surface area contributed by atoms with Crippen LogP contribution in [-0.4, -0.2) is 56.3 Å². The summed E-state index contributed by atoms with van der Waals surface area (Å²) in [4.78, 5) is 13.9. The lowest BCUT2D eigenvalue weighted by atomic mass is 10.2. The summed E-state index contributed by atoms with van der Waals surface area (Å²) in [5, 5.41) is 9.04. The molecule has 0 bridgehead atoms. The van der Waals surface area contributed by atoms with E-state index in [-0.39, 0.29) is 42.9 Å². The van der Waals surface area contributed by atoms with Crippen molar-refractivity contribution in [1.82, 2.24) is 9.21 Å². The van der Waals surface area contributed by atoms with Crippen LogP contribution in [0.2, 0.25) is 4.34 Å². The molecular formula is C17H16ClN3O4S2. The molecule has 10 heteroatoms. The van der Waals surface area contributed by atoms with E-state index in [0.717, 1.165) is 11.3 Å². The maximum atomic E-state index is 12.6. The lowest BCUT2D eigenvalue weighted by molar-refractivity contribution is -0.134. The smallest absolute Gasteiger partial charge is 0.260 e. The number of thiophene rings is 1. The van der Waals surface area contributed by atoms with Crippen LogP contribution in [0.25, 0.3) is 0 Å². The summed E-state index contributed by atoms with van der Waals surface area (Å²) in [6.45, 7) is 0.767. The molecule has 0 N–H and O–H groups in total. The number of piperazine rings is 1. The van der Waals surface area contributed by atoms with Gasteiger partial charge in [0.05, 0.1) is 9.90 Å². The van der Waals surface area contributed by atoms with Crippen molar-refractivity contribution in [3.63, 3.8) is 0 Å². The molecule has 1 amide bonds. The van der Waals surface area contributed by atoms with Gasteiger partial charge in [0.2, 0.25) is 0 Å². The third-order valence-electron chi connectivity index (χ3n) is 4.09. The number of hydrogen-bond acceptors (Lipinski definition) is 6. The molecule has 0 aliphatic carbocycles. The molecule has 1 aromatic carbocycles. The Kier molecular flexibility index (Phi) is 6.01. The van der Waals surface area contributed by atoms with Gasteiger partial charge in [-0.15, -0.1) is 11.3 Å². The molecule has 2 aromatic rings. The topological polar surface area (TPSA) is 90.7 Å². The second-order valence-electron chi connectivity index (χ2n) is 5.74. The van der Waals surface area contributed by atoms with E-state index in [0.29, 0.717) is 15.6 Å². The maximum absolute atomic E-state index is 12.6. The molecule has 1 fully saturated rings. The van der Waals surface area contributed by atoms with Gasteiger partial charge in [0.15, 0.2) is 6.61 Å². The van der Waals surface area contributed by atoms with Gasteiger partial charge in [-0.1, -0.05) is 23.7 Å². The number of para-hydroxylation sites is 1. The van der Waals surface area contributed by atoms with Crippen LogP contribution >= 0.6 is 22.9 Å². The molecule has 1 saturated heterocycles. The van der Waals surface area contributed by atoms with Crippen molar-refractivity contribution in [2.45, 2.75) is 4.21 Å². The SMILES string of the molecule is N#Cc1ccccc1OCC(=O)N1CCN(S(=O)(=O)c2ccc(Cl)s2)CC1.